The zero-order valence-corrected chi connectivity index (χ0v) is 22.2. The third-order valence-corrected chi connectivity index (χ3v) is 7.00. The molecule has 0 radical (unpaired) electrons. The molecule has 4 heterocycles. The monoisotopic (exact) mass is 680 g/mol. The van der Waals surface area contributed by atoms with Crippen LogP contribution in [0.4, 0.5) is 0 Å². The quantitative estimate of drug-likeness (QED) is 0.200. The molecule has 0 saturated heterocycles. The van der Waals surface area contributed by atoms with Gasteiger partial charge < -0.3 is 14.8 Å². The van der Waals surface area contributed by atoms with E-state index in [9.17, 15) is 5.11 Å². The number of imidazole rings is 1. The molecule has 37 heavy (non-hydrogen) atoms. The molecule has 4 aromatic heterocycles. The molecule has 0 aliphatic rings. The van der Waals surface area contributed by atoms with E-state index >= 15 is 0 Å². The first-order valence-corrected chi connectivity index (χ1v) is 12.2. The van der Waals surface area contributed by atoms with Crippen LogP contribution in [0.1, 0.15) is 0 Å². The van der Waals surface area contributed by atoms with Crippen LogP contribution in [0.25, 0.3) is 49.0 Å². The Bertz CT molecular complexity index is 1910. The van der Waals surface area contributed by atoms with Crippen molar-refractivity contribution in [2.45, 2.75) is 0 Å². The van der Waals surface area contributed by atoms with E-state index in [1.807, 2.05) is 85.1 Å². The van der Waals surface area contributed by atoms with Crippen LogP contribution in [0.5, 0.6) is 17.6 Å². The summed E-state index contributed by atoms with van der Waals surface area (Å²) in [4.78, 5) is 13.7. The van der Waals surface area contributed by atoms with Gasteiger partial charge in [-0.15, -0.1) is 23.8 Å². The molecule has 0 spiro atoms. The molecule has 182 valence electrons. The van der Waals surface area contributed by atoms with Crippen molar-refractivity contribution in [2.24, 2.45) is 0 Å². The molecule has 0 unspecified atom stereocenters. The summed E-state index contributed by atoms with van der Waals surface area (Å²) in [7, 11) is 0. The van der Waals surface area contributed by atoms with Crippen LogP contribution in [0.2, 0.25) is 0 Å². The van der Waals surface area contributed by atoms with Crippen molar-refractivity contribution in [3.05, 3.63) is 103 Å². The third kappa shape index (κ3) is 4.06. The second kappa shape index (κ2) is 9.43. The van der Waals surface area contributed by atoms with Gasteiger partial charge in [0.05, 0.1) is 11.0 Å². The van der Waals surface area contributed by atoms with Gasteiger partial charge in [0.15, 0.2) is 5.82 Å². The first kappa shape index (κ1) is 23.3. The van der Waals surface area contributed by atoms with Crippen molar-refractivity contribution in [1.82, 2.24) is 19.5 Å². The number of benzene rings is 3. The van der Waals surface area contributed by atoms with Gasteiger partial charge in [-0.05, 0) is 40.4 Å². The summed E-state index contributed by atoms with van der Waals surface area (Å²) in [5, 5.41) is 15.7. The van der Waals surface area contributed by atoms with Gasteiger partial charge in [0.2, 0.25) is 5.88 Å². The van der Waals surface area contributed by atoms with Crippen LogP contribution < -0.4 is 4.74 Å². The predicted octanol–water partition coefficient (Wildman–Crippen LogP) is 7.15. The van der Waals surface area contributed by atoms with Crippen molar-refractivity contribution in [3.8, 4) is 34.7 Å². The Labute approximate surface area is 230 Å². The van der Waals surface area contributed by atoms with Gasteiger partial charge in [0, 0.05) is 54.9 Å². The molecule has 3 aromatic carbocycles. The van der Waals surface area contributed by atoms with Gasteiger partial charge in [0.1, 0.15) is 0 Å². The number of aromatic nitrogens is 4. The van der Waals surface area contributed by atoms with E-state index < -0.39 is 0 Å². The number of ether oxygens (including phenoxy) is 1. The van der Waals surface area contributed by atoms with Gasteiger partial charge in [-0.1, -0.05) is 42.5 Å². The molecular weight excluding hydrogens is 663 g/mol. The molecular formula is C29H17N4O2PtS-. The summed E-state index contributed by atoms with van der Waals surface area (Å²) in [6.45, 7) is 0. The van der Waals surface area contributed by atoms with Crippen molar-refractivity contribution in [1.29, 1.82) is 0 Å². The first-order chi connectivity index (χ1) is 17.7. The summed E-state index contributed by atoms with van der Waals surface area (Å²) < 4.78 is 8.98. The summed E-state index contributed by atoms with van der Waals surface area (Å²) in [5.74, 6) is 1.45. The molecule has 0 aliphatic heterocycles. The van der Waals surface area contributed by atoms with Gasteiger partial charge in [-0.3, -0.25) is 0 Å². The minimum absolute atomic E-state index is 0. The van der Waals surface area contributed by atoms with E-state index in [4.69, 9.17) is 9.72 Å². The maximum atomic E-state index is 10.7. The summed E-state index contributed by atoms with van der Waals surface area (Å²) in [6.07, 6.45) is 1.81. The average Bonchev–Trinajstić information content (AvgIpc) is 3.52. The van der Waals surface area contributed by atoms with Crippen molar-refractivity contribution >= 4 is 43.2 Å². The van der Waals surface area contributed by atoms with Gasteiger partial charge in [-0.2, -0.15) is 21.3 Å². The fraction of sp³-hybridized carbons (Fsp3) is 0. The second-order valence-electron chi connectivity index (χ2n) is 8.27. The summed E-state index contributed by atoms with van der Waals surface area (Å²) >= 11 is 1.65. The fourth-order valence-electron chi connectivity index (χ4n) is 4.44. The van der Waals surface area contributed by atoms with Crippen molar-refractivity contribution in [2.75, 3.05) is 0 Å². The Kier molecular flexibility index (Phi) is 5.95. The molecule has 7 rings (SSSR count). The SMILES string of the molecule is Oc1nc2ccccc2n1-c1nc(Oc2[c-]c(-c3nccc4ccsc34)ccc2)cc2ccccc12.[Pt]. The Balaban J connectivity index is 0.00000252. The topological polar surface area (TPSA) is 73.1 Å². The molecule has 0 atom stereocenters. The van der Waals surface area contributed by atoms with E-state index in [0.717, 1.165) is 37.6 Å². The summed E-state index contributed by atoms with van der Waals surface area (Å²) in [5.41, 5.74) is 3.16. The zero-order chi connectivity index (χ0) is 24.1. The second-order valence-corrected chi connectivity index (χ2v) is 9.19. The molecule has 0 aliphatic carbocycles. The minimum atomic E-state index is -0.130. The first-order valence-electron chi connectivity index (χ1n) is 11.3. The number of aromatic hydroxyl groups is 1. The number of fused-ring (bicyclic) bond motifs is 3. The van der Waals surface area contributed by atoms with Crippen molar-refractivity contribution in [3.63, 3.8) is 0 Å². The van der Waals surface area contributed by atoms with E-state index in [-0.39, 0.29) is 27.1 Å². The number of para-hydroxylation sites is 2. The Hall–Kier alpha value is -4.06. The molecule has 0 amide bonds. The van der Waals surface area contributed by atoms with Crippen LogP contribution in [0, 0.1) is 6.07 Å². The van der Waals surface area contributed by atoms with Gasteiger partial charge in [-0.25, -0.2) is 4.57 Å². The maximum absolute atomic E-state index is 10.7. The Morgan fingerprint density at radius 3 is 2.68 bits per heavy atom. The molecule has 0 fully saturated rings. The predicted molar refractivity (Wildman–Crippen MR) is 142 cm³/mol. The smallest absolute Gasteiger partial charge is 0.300 e. The molecule has 1 N–H and O–H groups in total. The van der Waals surface area contributed by atoms with E-state index in [1.165, 1.54) is 0 Å². The number of rotatable bonds is 4. The van der Waals surface area contributed by atoms with E-state index in [0.29, 0.717) is 23.0 Å². The molecule has 0 bridgehead atoms. The number of pyridine rings is 2. The molecule has 8 heteroatoms. The number of nitrogens with zero attached hydrogens (tertiary/aromatic N) is 4. The van der Waals surface area contributed by atoms with Crippen LogP contribution in [-0.2, 0) is 21.1 Å². The number of hydrogen-bond donors (Lipinski definition) is 1. The van der Waals surface area contributed by atoms with E-state index in [2.05, 4.69) is 27.5 Å². The minimum Gasteiger partial charge on any atom is -0.480 e. The Morgan fingerprint density at radius 2 is 1.73 bits per heavy atom. The van der Waals surface area contributed by atoms with Gasteiger partial charge in [0.25, 0.3) is 0 Å². The zero-order valence-electron chi connectivity index (χ0n) is 19.1. The maximum Gasteiger partial charge on any atom is 0.300 e. The number of thiophene rings is 1. The van der Waals surface area contributed by atoms with Crippen LogP contribution >= 0.6 is 11.3 Å². The third-order valence-electron chi connectivity index (χ3n) is 6.06. The molecule has 6 nitrogen and oxygen atoms in total. The standard InChI is InChI=1S/C29H17N4O2S.Pt/c34-29-31-23-10-3-4-11-24(23)33(29)28-22-9-2-1-6-19(22)17-25(32-28)35-21-8-5-7-20(16-21)26-27-18(12-14-30-26)13-15-36-27;/h1-15,17H,(H,31,34);/q-1;. The largest absolute Gasteiger partial charge is 0.480 e. The van der Waals surface area contributed by atoms with Crippen LogP contribution in [-0.4, -0.2) is 24.6 Å². The van der Waals surface area contributed by atoms with Crippen LogP contribution in [0.3, 0.4) is 0 Å². The van der Waals surface area contributed by atoms with Crippen LogP contribution in [0.15, 0.2) is 96.5 Å². The normalized spacial score (nSPS) is 11.1. The van der Waals surface area contributed by atoms with Gasteiger partial charge >= 0.3 is 6.01 Å². The molecule has 7 aromatic rings. The van der Waals surface area contributed by atoms with E-state index in [1.54, 1.807) is 15.9 Å². The number of hydrogen-bond acceptors (Lipinski definition) is 6. The Morgan fingerprint density at radius 1 is 0.865 bits per heavy atom. The van der Waals surface area contributed by atoms with Crippen molar-refractivity contribution < 1.29 is 30.9 Å². The average molecular weight is 681 g/mol. The molecule has 0 saturated carbocycles. The summed E-state index contributed by atoms with van der Waals surface area (Å²) in [6, 6.07) is 30.4. The fourth-order valence-corrected chi connectivity index (χ4v) is 5.34.